The second kappa shape index (κ2) is 7.25. The van der Waals surface area contributed by atoms with Gasteiger partial charge in [0.05, 0.1) is 17.5 Å². The van der Waals surface area contributed by atoms with Crippen molar-refractivity contribution in [2.75, 3.05) is 6.61 Å². The summed E-state index contributed by atoms with van der Waals surface area (Å²) in [5.41, 5.74) is 1.22. The molecular formula is C18H21ClN2O5. The molecule has 0 spiro atoms. The van der Waals surface area contributed by atoms with Gasteiger partial charge in [-0.3, -0.25) is 0 Å². The molecule has 140 valence electrons. The molecular weight excluding hydrogens is 360 g/mol. The van der Waals surface area contributed by atoms with Gasteiger partial charge in [0.2, 0.25) is 11.2 Å². The smallest absolute Gasteiger partial charge is 0.226 e. The van der Waals surface area contributed by atoms with Crippen molar-refractivity contribution in [2.24, 2.45) is 0 Å². The molecule has 26 heavy (non-hydrogen) atoms. The third-order valence-corrected chi connectivity index (χ3v) is 5.28. The van der Waals surface area contributed by atoms with Crippen LogP contribution in [0.4, 0.5) is 0 Å². The Bertz CT molecular complexity index is 798. The average molecular weight is 381 g/mol. The Kier molecular flexibility index (Phi) is 4.98. The van der Waals surface area contributed by atoms with Crippen molar-refractivity contribution in [3.05, 3.63) is 29.0 Å². The van der Waals surface area contributed by atoms with E-state index < -0.39 is 24.4 Å². The number of nitrogens with zero attached hydrogens (tertiary/aromatic N) is 2. The summed E-state index contributed by atoms with van der Waals surface area (Å²) in [5, 5.41) is 30.2. The fourth-order valence-electron chi connectivity index (χ4n) is 3.70. The van der Waals surface area contributed by atoms with Gasteiger partial charge in [0.1, 0.15) is 30.5 Å². The predicted octanol–water partition coefficient (Wildman–Crippen LogP) is 1.76. The van der Waals surface area contributed by atoms with Crippen LogP contribution in [0.3, 0.4) is 0 Å². The Morgan fingerprint density at radius 1 is 1.15 bits per heavy atom. The van der Waals surface area contributed by atoms with E-state index in [1.807, 2.05) is 0 Å². The Morgan fingerprint density at radius 2 is 1.92 bits per heavy atom. The number of benzene rings is 1. The van der Waals surface area contributed by atoms with Crippen molar-refractivity contribution in [1.82, 2.24) is 9.97 Å². The fourth-order valence-corrected chi connectivity index (χ4v) is 3.86. The predicted molar refractivity (Wildman–Crippen MR) is 94.1 cm³/mol. The molecule has 0 amide bonds. The molecule has 0 bridgehead atoms. The van der Waals surface area contributed by atoms with Gasteiger partial charge in [-0.1, -0.05) is 6.07 Å². The van der Waals surface area contributed by atoms with Crippen molar-refractivity contribution < 1.29 is 24.8 Å². The van der Waals surface area contributed by atoms with Crippen LogP contribution < -0.4 is 4.74 Å². The quantitative estimate of drug-likeness (QED) is 0.694. The van der Waals surface area contributed by atoms with Gasteiger partial charge in [-0.25, -0.2) is 4.98 Å². The van der Waals surface area contributed by atoms with Crippen LogP contribution in [-0.2, 0) is 4.74 Å². The first-order valence-electron chi connectivity index (χ1n) is 8.83. The maximum Gasteiger partial charge on any atom is 0.226 e. The van der Waals surface area contributed by atoms with Crippen molar-refractivity contribution in [1.29, 1.82) is 0 Å². The van der Waals surface area contributed by atoms with Gasteiger partial charge in [0.15, 0.2) is 0 Å². The van der Waals surface area contributed by atoms with E-state index in [2.05, 4.69) is 9.97 Å². The molecule has 1 aliphatic heterocycles. The Labute approximate surface area is 155 Å². The van der Waals surface area contributed by atoms with Crippen molar-refractivity contribution >= 4 is 22.5 Å². The summed E-state index contributed by atoms with van der Waals surface area (Å²) in [7, 11) is 0. The molecule has 0 radical (unpaired) electrons. The molecule has 2 aliphatic rings. The van der Waals surface area contributed by atoms with E-state index >= 15 is 0 Å². The van der Waals surface area contributed by atoms with Gasteiger partial charge >= 0.3 is 0 Å². The molecule has 4 atom stereocenters. The lowest BCUT2D eigenvalue weighted by atomic mass is 10.0. The molecule has 1 aliphatic carbocycles. The maximum absolute atomic E-state index is 10.2. The topological polar surface area (TPSA) is 105 Å². The van der Waals surface area contributed by atoms with Gasteiger partial charge in [-0.2, -0.15) is 4.98 Å². The molecule has 4 rings (SSSR count). The summed E-state index contributed by atoms with van der Waals surface area (Å²) in [5.74, 6) is 0.458. The first kappa shape index (κ1) is 17.9. The van der Waals surface area contributed by atoms with Gasteiger partial charge in [0, 0.05) is 0 Å². The minimum atomic E-state index is -1.14. The van der Waals surface area contributed by atoms with E-state index in [9.17, 15) is 15.3 Å². The normalized spacial score (nSPS) is 29.5. The Morgan fingerprint density at radius 3 is 2.62 bits per heavy atom. The van der Waals surface area contributed by atoms with Crippen LogP contribution in [0.5, 0.6) is 5.88 Å². The number of ether oxygens (including phenoxy) is 2. The Balaban J connectivity index is 1.67. The van der Waals surface area contributed by atoms with E-state index in [4.69, 9.17) is 21.1 Å². The van der Waals surface area contributed by atoms with Crippen LogP contribution in [0, 0.1) is 0 Å². The standard InChI is InChI=1S/C18H21ClN2O5/c19-18-20-12-7-9(16-15(24)14(23)13(8-22)26-16)5-6-11(12)17(21-18)25-10-3-1-2-4-10/h5-7,10,13-16,22-24H,1-4,8H2/t13-,14-,15-,16+/m1/s1. The first-order chi connectivity index (χ1) is 12.6. The summed E-state index contributed by atoms with van der Waals surface area (Å²) in [6.45, 7) is -0.365. The van der Waals surface area contributed by atoms with E-state index in [-0.39, 0.29) is 18.0 Å². The minimum absolute atomic E-state index is 0.0869. The monoisotopic (exact) mass is 380 g/mol. The summed E-state index contributed by atoms with van der Waals surface area (Å²) in [4.78, 5) is 8.47. The number of hydrogen-bond donors (Lipinski definition) is 3. The number of halogens is 1. The number of rotatable bonds is 4. The lowest BCUT2D eigenvalue weighted by Crippen LogP contribution is -2.32. The average Bonchev–Trinajstić information content (AvgIpc) is 3.23. The SMILES string of the molecule is OC[C@H]1O[C@@H](c2ccc3c(OC4CCCC4)nc(Cl)nc3c2)[C@H](O)[C@@H]1O. The molecule has 8 heteroatoms. The lowest BCUT2D eigenvalue weighted by Gasteiger charge is -2.17. The van der Waals surface area contributed by atoms with Gasteiger partial charge in [0.25, 0.3) is 0 Å². The van der Waals surface area contributed by atoms with Gasteiger partial charge < -0.3 is 24.8 Å². The highest BCUT2D eigenvalue weighted by molar-refractivity contribution is 6.28. The first-order valence-corrected chi connectivity index (χ1v) is 9.21. The van der Waals surface area contributed by atoms with E-state index in [1.165, 1.54) is 0 Å². The fraction of sp³-hybridized carbons (Fsp3) is 0.556. The highest BCUT2D eigenvalue weighted by Gasteiger charge is 2.43. The van der Waals surface area contributed by atoms with E-state index in [1.54, 1.807) is 18.2 Å². The second-order valence-corrected chi connectivity index (χ2v) is 7.20. The molecule has 0 unspecified atom stereocenters. The highest BCUT2D eigenvalue weighted by Crippen LogP contribution is 2.36. The number of aliphatic hydroxyl groups is 3. The number of fused-ring (bicyclic) bond motifs is 1. The molecule has 2 fully saturated rings. The van der Waals surface area contributed by atoms with E-state index in [0.717, 1.165) is 31.1 Å². The largest absolute Gasteiger partial charge is 0.474 e. The molecule has 1 aromatic heterocycles. The van der Waals surface area contributed by atoms with Gasteiger partial charge in [-0.05, 0) is 55.0 Å². The van der Waals surface area contributed by atoms with Crippen LogP contribution in [0.25, 0.3) is 10.9 Å². The molecule has 1 aromatic carbocycles. The highest BCUT2D eigenvalue weighted by atomic mass is 35.5. The molecule has 2 aromatic rings. The van der Waals surface area contributed by atoms with E-state index in [0.29, 0.717) is 17.0 Å². The second-order valence-electron chi connectivity index (χ2n) is 6.86. The molecule has 2 heterocycles. The molecule has 7 nitrogen and oxygen atoms in total. The molecule has 1 saturated heterocycles. The van der Waals surface area contributed by atoms with Gasteiger partial charge in [-0.15, -0.1) is 0 Å². The van der Waals surface area contributed by atoms with Crippen LogP contribution in [-0.4, -0.2) is 56.3 Å². The Hall–Kier alpha value is -1.51. The van der Waals surface area contributed by atoms with Crippen LogP contribution >= 0.6 is 11.6 Å². The lowest BCUT2D eigenvalue weighted by molar-refractivity contribution is -0.0227. The number of hydrogen-bond acceptors (Lipinski definition) is 7. The number of aromatic nitrogens is 2. The third-order valence-electron chi connectivity index (χ3n) is 5.11. The zero-order valence-electron chi connectivity index (χ0n) is 14.1. The van der Waals surface area contributed by atoms with Crippen molar-refractivity contribution in [3.63, 3.8) is 0 Å². The third kappa shape index (κ3) is 3.25. The zero-order valence-corrected chi connectivity index (χ0v) is 14.8. The summed E-state index contributed by atoms with van der Waals surface area (Å²) in [6, 6.07) is 5.33. The minimum Gasteiger partial charge on any atom is -0.474 e. The summed E-state index contributed by atoms with van der Waals surface area (Å²) < 4.78 is 11.6. The van der Waals surface area contributed by atoms with Crippen LogP contribution in [0.1, 0.15) is 37.4 Å². The zero-order chi connectivity index (χ0) is 18.3. The molecule has 3 N–H and O–H groups in total. The van der Waals surface area contributed by atoms with Crippen molar-refractivity contribution in [2.45, 2.75) is 56.2 Å². The summed E-state index contributed by atoms with van der Waals surface area (Å²) in [6.07, 6.45) is 0.609. The summed E-state index contributed by atoms with van der Waals surface area (Å²) >= 11 is 6.06. The van der Waals surface area contributed by atoms with Crippen molar-refractivity contribution in [3.8, 4) is 5.88 Å². The van der Waals surface area contributed by atoms with Crippen LogP contribution in [0.2, 0.25) is 5.28 Å². The van der Waals surface area contributed by atoms with Crippen LogP contribution in [0.15, 0.2) is 18.2 Å². The maximum atomic E-state index is 10.2. The number of aliphatic hydroxyl groups excluding tert-OH is 3. The molecule has 1 saturated carbocycles.